The molecule has 0 atom stereocenters. The maximum absolute atomic E-state index is 11.8. The molecule has 2 N–H and O–H groups in total. The van der Waals surface area contributed by atoms with Crippen molar-refractivity contribution in [3.8, 4) is 17.3 Å². The minimum absolute atomic E-state index is 0.0683. The summed E-state index contributed by atoms with van der Waals surface area (Å²) in [5.41, 5.74) is 5.62. The van der Waals surface area contributed by atoms with Crippen LogP contribution >= 0.6 is 0 Å². The number of ether oxygens (including phenoxy) is 1. The minimum Gasteiger partial charge on any atom is -0.484 e. The zero-order valence-corrected chi connectivity index (χ0v) is 14.6. The number of hydrazine groups is 1. The lowest BCUT2D eigenvalue weighted by Gasteiger charge is -2.08. The molecule has 9 nitrogen and oxygen atoms in total. The molecule has 0 aliphatic carbocycles. The first-order valence-corrected chi connectivity index (χ1v) is 8.24. The second-order valence-electron chi connectivity index (χ2n) is 5.69. The molecule has 1 aromatic carbocycles. The number of furan rings is 1. The van der Waals surface area contributed by atoms with E-state index >= 15 is 0 Å². The van der Waals surface area contributed by atoms with Crippen LogP contribution in [0.4, 0.5) is 0 Å². The molecule has 2 heterocycles. The van der Waals surface area contributed by atoms with Crippen LogP contribution in [0.2, 0.25) is 0 Å². The summed E-state index contributed by atoms with van der Waals surface area (Å²) >= 11 is 0. The Balaban J connectivity index is 1.36. The van der Waals surface area contributed by atoms with E-state index in [1.165, 1.54) is 6.26 Å². The third-order valence-corrected chi connectivity index (χ3v) is 3.48. The predicted molar refractivity (Wildman–Crippen MR) is 93.3 cm³/mol. The molecule has 0 spiro atoms. The number of carbonyl (C=O) groups excluding carboxylic acids is 2. The van der Waals surface area contributed by atoms with Gasteiger partial charge in [-0.2, -0.15) is 4.98 Å². The summed E-state index contributed by atoms with van der Waals surface area (Å²) in [6.07, 6.45) is 1.80. The fourth-order valence-electron chi connectivity index (χ4n) is 2.17. The Morgan fingerprint density at radius 2 is 2.00 bits per heavy atom. The molecule has 9 heteroatoms. The van der Waals surface area contributed by atoms with Crippen LogP contribution in [-0.4, -0.2) is 28.6 Å². The van der Waals surface area contributed by atoms with E-state index in [1.54, 1.807) is 18.2 Å². The van der Waals surface area contributed by atoms with E-state index in [1.807, 2.05) is 25.1 Å². The Morgan fingerprint density at radius 1 is 1.15 bits per heavy atom. The first kappa shape index (κ1) is 18.2. The highest BCUT2D eigenvalue weighted by molar-refractivity contribution is 5.82. The van der Waals surface area contributed by atoms with E-state index in [4.69, 9.17) is 13.7 Å². The van der Waals surface area contributed by atoms with Gasteiger partial charge in [0, 0.05) is 12.8 Å². The molecule has 2 amide bonds. The second kappa shape index (κ2) is 8.65. The van der Waals surface area contributed by atoms with Gasteiger partial charge >= 0.3 is 0 Å². The van der Waals surface area contributed by atoms with E-state index in [9.17, 15) is 9.59 Å². The van der Waals surface area contributed by atoms with Gasteiger partial charge in [0.2, 0.25) is 17.6 Å². The van der Waals surface area contributed by atoms with Gasteiger partial charge in [0.25, 0.3) is 5.91 Å². The van der Waals surface area contributed by atoms with Crippen LogP contribution in [0, 0.1) is 6.92 Å². The number of amides is 2. The molecule has 140 valence electrons. The number of hydrogen-bond acceptors (Lipinski definition) is 7. The summed E-state index contributed by atoms with van der Waals surface area (Å²) in [5.74, 6) is 0.817. The fourth-order valence-corrected chi connectivity index (χ4v) is 2.17. The fraction of sp³-hybridized carbons (Fsp3) is 0.222. The number of carbonyl (C=O) groups is 2. The number of aromatic nitrogens is 2. The Kier molecular flexibility index (Phi) is 5.83. The third kappa shape index (κ3) is 5.43. The zero-order valence-electron chi connectivity index (χ0n) is 14.6. The summed E-state index contributed by atoms with van der Waals surface area (Å²) in [6, 6.07) is 10.7. The standard InChI is InChI=1S/C18H18N4O5/c1-12-4-2-5-13(10-12)26-11-16(24)21-20-15(23)7-8-17-19-18(22-27-17)14-6-3-9-25-14/h2-6,9-10H,7-8,11H2,1H3,(H,20,23)(H,21,24). The molecular weight excluding hydrogens is 352 g/mol. The van der Waals surface area contributed by atoms with Crippen LogP contribution in [0.5, 0.6) is 5.75 Å². The lowest BCUT2D eigenvalue weighted by molar-refractivity contribution is -0.130. The van der Waals surface area contributed by atoms with Gasteiger partial charge in [-0.25, -0.2) is 0 Å². The van der Waals surface area contributed by atoms with Crippen molar-refractivity contribution >= 4 is 11.8 Å². The van der Waals surface area contributed by atoms with Crippen molar-refractivity contribution in [1.29, 1.82) is 0 Å². The van der Waals surface area contributed by atoms with Crippen LogP contribution in [0.3, 0.4) is 0 Å². The summed E-state index contributed by atoms with van der Waals surface area (Å²) < 4.78 is 15.6. The Hall–Kier alpha value is -3.62. The van der Waals surface area contributed by atoms with Crippen molar-refractivity contribution in [2.45, 2.75) is 19.8 Å². The van der Waals surface area contributed by atoms with E-state index in [0.29, 0.717) is 23.2 Å². The Labute approximate surface area is 154 Å². The van der Waals surface area contributed by atoms with Crippen molar-refractivity contribution in [2.24, 2.45) is 0 Å². The van der Waals surface area contributed by atoms with Gasteiger partial charge in [-0.3, -0.25) is 20.4 Å². The van der Waals surface area contributed by atoms with Gasteiger partial charge in [-0.05, 0) is 36.8 Å². The van der Waals surface area contributed by atoms with Crippen LogP contribution in [0.1, 0.15) is 17.9 Å². The number of hydrogen-bond donors (Lipinski definition) is 2. The van der Waals surface area contributed by atoms with E-state index in [2.05, 4.69) is 21.0 Å². The molecular formula is C18H18N4O5. The van der Waals surface area contributed by atoms with Gasteiger partial charge < -0.3 is 13.7 Å². The SMILES string of the molecule is Cc1cccc(OCC(=O)NNC(=O)CCc2nc(-c3ccco3)no2)c1. The normalized spacial score (nSPS) is 10.4. The number of rotatable bonds is 7. The summed E-state index contributed by atoms with van der Waals surface area (Å²) in [7, 11) is 0. The summed E-state index contributed by atoms with van der Waals surface area (Å²) in [6.45, 7) is 1.72. The highest BCUT2D eigenvalue weighted by Crippen LogP contribution is 2.16. The molecule has 0 saturated heterocycles. The summed E-state index contributed by atoms with van der Waals surface area (Å²) in [5, 5.41) is 3.77. The summed E-state index contributed by atoms with van der Waals surface area (Å²) in [4.78, 5) is 27.6. The first-order valence-electron chi connectivity index (χ1n) is 8.24. The highest BCUT2D eigenvalue weighted by Gasteiger charge is 2.12. The van der Waals surface area contributed by atoms with E-state index in [-0.39, 0.29) is 19.4 Å². The average Bonchev–Trinajstić information content (AvgIpc) is 3.34. The Morgan fingerprint density at radius 3 is 2.78 bits per heavy atom. The van der Waals surface area contributed by atoms with Crippen molar-refractivity contribution in [1.82, 2.24) is 21.0 Å². The predicted octanol–water partition coefficient (Wildman–Crippen LogP) is 1.80. The van der Waals surface area contributed by atoms with Gasteiger partial charge in [-0.15, -0.1) is 0 Å². The van der Waals surface area contributed by atoms with Crippen molar-refractivity contribution in [3.63, 3.8) is 0 Å². The van der Waals surface area contributed by atoms with Crippen LogP contribution in [-0.2, 0) is 16.0 Å². The van der Waals surface area contributed by atoms with E-state index < -0.39 is 11.8 Å². The Bertz CT molecular complexity index is 904. The van der Waals surface area contributed by atoms with Crippen LogP contribution in [0.15, 0.2) is 51.6 Å². The maximum Gasteiger partial charge on any atom is 0.276 e. The van der Waals surface area contributed by atoms with Gasteiger partial charge in [-0.1, -0.05) is 17.3 Å². The molecule has 3 rings (SSSR count). The number of aryl methyl sites for hydroxylation is 2. The molecule has 2 aromatic heterocycles. The first-order chi connectivity index (χ1) is 13.1. The second-order valence-corrected chi connectivity index (χ2v) is 5.69. The smallest absolute Gasteiger partial charge is 0.276 e. The molecule has 0 bridgehead atoms. The molecule has 27 heavy (non-hydrogen) atoms. The lowest BCUT2D eigenvalue weighted by Crippen LogP contribution is -2.43. The number of nitrogens with zero attached hydrogens (tertiary/aromatic N) is 2. The number of nitrogens with one attached hydrogen (secondary N) is 2. The van der Waals surface area contributed by atoms with E-state index in [0.717, 1.165) is 5.56 Å². The van der Waals surface area contributed by atoms with Gasteiger partial charge in [0.15, 0.2) is 12.4 Å². The molecule has 0 aliphatic heterocycles. The quantitative estimate of drug-likeness (QED) is 0.609. The zero-order chi connectivity index (χ0) is 19.1. The number of benzene rings is 1. The lowest BCUT2D eigenvalue weighted by atomic mass is 10.2. The van der Waals surface area contributed by atoms with Crippen molar-refractivity contribution in [2.75, 3.05) is 6.61 Å². The maximum atomic E-state index is 11.8. The van der Waals surface area contributed by atoms with Gasteiger partial charge in [0.1, 0.15) is 5.75 Å². The average molecular weight is 370 g/mol. The molecule has 0 fully saturated rings. The minimum atomic E-state index is -0.470. The van der Waals surface area contributed by atoms with Crippen LogP contribution < -0.4 is 15.6 Å². The van der Waals surface area contributed by atoms with Crippen molar-refractivity contribution < 1.29 is 23.3 Å². The monoisotopic (exact) mass is 370 g/mol. The molecule has 0 saturated carbocycles. The molecule has 0 aliphatic rings. The third-order valence-electron chi connectivity index (χ3n) is 3.48. The molecule has 3 aromatic rings. The van der Waals surface area contributed by atoms with Gasteiger partial charge in [0.05, 0.1) is 6.26 Å². The van der Waals surface area contributed by atoms with Crippen molar-refractivity contribution in [3.05, 3.63) is 54.1 Å². The molecule has 0 radical (unpaired) electrons. The van der Waals surface area contributed by atoms with Crippen LogP contribution in [0.25, 0.3) is 11.6 Å². The largest absolute Gasteiger partial charge is 0.484 e. The molecule has 0 unspecified atom stereocenters. The topological polar surface area (TPSA) is 119 Å². The highest BCUT2D eigenvalue weighted by atomic mass is 16.5.